The van der Waals surface area contributed by atoms with Gasteiger partial charge in [-0.2, -0.15) is 0 Å². The van der Waals surface area contributed by atoms with E-state index < -0.39 is 180 Å². The van der Waals surface area contributed by atoms with Gasteiger partial charge in [0.1, 0.15) is 116 Å². The molecular formula is C30H52O25. The summed E-state index contributed by atoms with van der Waals surface area (Å²) in [6, 6.07) is 0. The Morgan fingerprint density at radius 1 is 0.364 bits per heavy atom. The molecule has 5 fully saturated rings. The van der Waals surface area contributed by atoms with Crippen LogP contribution < -0.4 is 0 Å². The molecule has 322 valence electrons. The molecular weight excluding hydrogens is 760 g/mol. The van der Waals surface area contributed by atoms with Gasteiger partial charge in [-0.3, -0.25) is 0 Å². The van der Waals surface area contributed by atoms with Crippen LogP contribution in [0.2, 0.25) is 0 Å². The first kappa shape index (κ1) is 45.1. The summed E-state index contributed by atoms with van der Waals surface area (Å²) in [6.45, 7) is -1.84. The summed E-state index contributed by atoms with van der Waals surface area (Å²) >= 11 is 0. The maximum atomic E-state index is 11.2. The second-order valence-corrected chi connectivity index (χ2v) is 14.0. The van der Waals surface area contributed by atoms with Gasteiger partial charge >= 0.3 is 0 Å². The van der Waals surface area contributed by atoms with Crippen molar-refractivity contribution in [2.45, 2.75) is 160 Å². The molecule has 5 aliphatic heterocycles. The number of hydrogen-bond acceptors (Lipinski definition) is 25. The van der Waals surface area contributed by atoms with Gasteiger partial charge in [0.2, 0.25) is 0 Å². The lowest BCUT2D eigenvalue weighted by molar-refractivity contribution is -0.375. The average molecular weight is 813 g/mol. The van der Waals surface area contributed by atoms with E-state index in [-0.39, 0.29) is 0 Å². The van der Waals surface area contributed by atoms with E-state index in [1.165, 1.54) is 6.92 Å². The lowest BCUT2D eigenvalue weighted by atomic mass is 9.96. The van der Waals surface area contributed by atoms with Gasteiger partial charge in [-0.05, 0) is 6.92 Å². The number of aliphatic hydroxyl groups excluding tert-OH is 16. The first-order valence-electron chi connectivity index (χ1n) is 17.5. The molecule has 0 saturated carbocycles. The van der Waals surface area contributed by atoms with Crippen molar-refractivity contribution in [3.05, 3.63) is 0 Å². The van der Waals surface area contributed by atoms with Gasteiger partial charge in [0.15, 0.2) is 31.5 Å². The second-order valence-electron chi connectivity index (χ2n) is 14.0. The molecule has 16 N–H and O–H groups in total. The monoisotopic (exact) mass is 812 g/mol. The van der Waals surface area contributed by atoms with Crippen molar-refractivity contribution in [3.63, 3.8) is 0 Å². The van der Waals surface area contributed by atoms with Crippen LogP contribution in [0.25, 0.3) is 0 Å². The van der Waals surface area contributed by atoms with Gasteiger partial charge in [0.05, 0.1) is 32.5 Å². The normalized spacial score (nSPS) is 53.9. The van der Waals surface area contributed by atoms with Crippen molar-refractivity contribution in [1.29, 1.82) is 0 Å². The Balaban J connectivity index is 1.30. The van der Waals surface area contributed by atoms with Gasteiger partial charge in [0.25, 0.3) is 0 Å². The van der Waals surface area contributed by atoms with Crippen LogP contribution >= 0.6 is 0 Å². The molecule has 0 aromatic rings. The van der Waals surface area contributed by atoms with E-state index in [4.69, 9.17) is 42.6 Å². The standard InChI is InChI=1S/C30H52O25/c1-6-24(17(39)19(41)26(46)49-6)54-30-22(44)16(38)13(35)9(52-30)4-47-28-23(45)18(40)25(55-29-21(43)15(37)12(34)8(3-32)51-29)10(53-28)5-48-27-20(42)14(36)11(33)7(2-31)50-27/h6-46H,2-5H2,1H3/t6-,7-,8-,9-,10-,11-,12-,13-,14+,15+,16+,17-,18-,19-,20-,21-,22-,23-,24-,25-,26+,27+,28+,29?,30-/m1/s1. The zero-order valence-corrected chi connectivity index (χ0v) is 29.1. The van der Waals surface area contributed by atoms with Crippen molar-refractivity contribution in [3.8, 4) is 0 Å². The third kappa shape index (κ3) is 9.42. The molecule has 0 spiro atoms. The van der Waals surface area contributed by atoms with E-state index in [0.717, 1.165) is 0 Å². The molecule has 0 radical (unpaired) electrons. The minimum atomic E-state index is -2.05. The van der Waals surface area contributed by atoms with Crippen LogP contribution in [-0.2, 0) is 42.6 Å². The zero-order valence-electron chi connectivity index (χ0n) is 29.1. The van der Waals surface area contributed by atoms with Crippen LogP contribution in [0.5, 0.6) is 0 Å². The Hall–Kier alpha value is -1.00. The van der Waals surface area contributed by atoms with Gasteiger partial charge < -0.3 is 124 Å². The Morgan fingerprint density at radius 3 is 1.24 bits per heavy atom. The van der Waals surface area contributed by atoms with Crippen molar-refractivity contribution in [2.75, 3.05) is 26.4 Å². The topological polar surface area (TPSA) is 407 Å². The highest BCUT2D eigenvalue weighted by atomic mass is 16.8. The molecule has 0 aliphatic carbocycles. The maximum absolute atomic E-state index is 11.2. The number of hydrogen-bond donors (Lipinski definition) is 16. The minimum Gasteiger partial charge on any atom is -0.394 e. The maximum Gasteiger partial charge on any atom is 0.187 e. The van der Waals surface area contributed by atoms with Gasteiger partial charge in [0, 0.05) is 0 Å². The molecule has 1 unspecified atom stereocenters. The van der Waals surface area contributed by atoms with Crippen LogP contribution in [0, 0.1) is 0 Å². The van der Waals surface area contributed by atoms with Crippen LogP contribution in [0.4, 0.5) is 0 Å². The summed E-state index contributed by atoms with van der Waals surface area (Å²) in [6.07, 6.45) is -44.0. The third-order valence-electron chi connectivity index (χ3n) is 10.2. The second kappa shape index (κ2) is 18.9. The molecule has 5 rings (SSSR count). The molecule has 0 bridgehead atoms. The van der Waals surface area contributed by atoms with E-state index in [1.807, 2.05) is 0 Å². The van der Waals surface area contributed by atoms with E-state index in [2.05, 4.69) is 0 Å². The van der Waals surface area contributed by atoms with Gasteiger partial charge in [-0.25, -0.2) is 0 Å². The highest BCUT2D eigenvalue weighted by molar-refractivity contribution is 4.97. The minimum absolute atomic E-state index is 0.775. The van der Waals surface area contributed by atoms with Crippen molar-refractivity contribution in [1.82, 2.24) is 0 Å². The molecule has 25 atom stereocenters. The molecule has 0 aromatic carbocycles. The van der Waals surface area contributed by atoms with Crippen LogP contribution in [0.15, 0.2) is 0 Å². The van der Waals surface area contributed by atoms with Crippen LogP contribution in [0.1, 0.15) is 6.92 Å². The van der Waals surface area contributed by atoms with Crippen molar-refractivity contribution in [2.24, 2.45) is 0 Å². The number of aliphatic hydroxyl groups is 16. The smallest absolute Gasteiger partial charge is 0.187 e. The number of ether oxygens (including phenoxy) is 9. The van der Waals surface area contributed by atoms with E-state index in [1.54, 1.807) is 0 Å². The van der Waals surface area contributed by atoms with Crippen LogP contribution in [-0.4, -0.2) is 262 Å². The average Bonchev–Trinajstić information content (AvgIpc) is 3.16. The van der Waals surface area contributed by atoms with E-state index in [0.29, 0.717) is 0 Å². The Morgan fingerprint density at radius 2 is 0.727 bits per heavy atom. The van der Waals surface area contributed by atoms with Crippen LogP contribution in [0.3, 0.4) is 0 Å². The summed E-state index contributed by atoms with van der Waals surface area (Å²) < 4.78 is 49.6. The Bertz CT molecular complexity index is 1190. The van der Waals surface area contributed by atoms with E-state index in [9.17, 15) is 81.7 Å². The SMILES string of the molecule is C[C@H]1O[C@H](O)[C@H](O)[C@@H](O)[C@@H]1O[C@H]1O[C@H](CO[C@H]2O[C@H](CO[C@H]3O[C@H](CO)[C@@H](O)[C@H](O)[C@H]3O)[C@@H](OC3O[C@H](CO)[C@@H](O)[C@H](O)[C@H]3O)[C@H](O)[C@H]2O)[C@@H](O)[C@H](O)[C@H]1O. The molecule has 25 heteroatoms. The summed E-state index contributed by atoms with van der Waals surface area (Å²) in [5.74, 6) is 0. The van der Waals surface area contributed by atoms with E-state index >= 15 is 0 Å². The van der Waals surface area contributed by atoms with Crippen molar-refractivity contribution >= 4 is 0 Å². The Labute approximate surface area is 311 Å². The lowest BCUT2D eigenvalue weighted by Gasteiger charge is -2.47. The highest BCUT2D eigenvalue weighted by Gasteiger charge is 2.54. The van der Waals surface area contributed by atoms with Crippen molar-refractivity contribution < 1.29 is 124 Å². The van der Waals surface area contributed by atoms with Gasteiger partial charge in [-0.1, -0.05) is 0 Å². The summed E-state index contributed by atoms with van der Waals surface area (Å²) in [7, 11) is 0. The fraction of sp³-hybridized carbons (Fsp3) is 1.00. The molecule has 25 nitrogen and oxygen atoms in total. The molecule has 55 heavy (non-hydrogen) atoms. The summed E-state index contributed by atoms with van der Waals surface area (Å²) in [4.78, 5) is 0. The fourth-order valence-corrected chi connectivity index (χ4v) is 6.80. The molecule has 5 aliphatic rings. The number of rotatable bonds is 12. The molecule has 5 saturated heterocycles. The fourth-order valence-electron chi connectivity index (χ4n) is 6.80. The highest BCUT2D eigenvalue weighted by Crippen LogP contribution is 2.33. The molecule has 0 amide bonds. The molecule has 5 heterocycles. The largest absolute Gasteiger partial charge is 0.394 e. The predicted octanol–water partition coefficient (Wildman–Crippen LogP) is -10.9. The summed E-state index contributed by atoms with van der Waals surface area (Å²) in [5.41, 5.74) is 0. The zero-order chi connectivity index (χ0) is 40.6. The Kier molecular flexibility index (Phi) is 15.5. The third-order valence-corrected chi connectivity index (χ3v) is 10.2. The first-order valence-corrected chi connectivity index (χ1v) is 17.5. The summed E-state index contributed by atoms with van der Waals surface area (Å²) in [5, 5.41) is 165. The molecule has 0 aromatic heterocycles. The quantitative estimate of drug-likeness (QED) is 0.0870. The predicted molar refractivity (Wildman–Crippen MR) is 165 cm³/mol. The lowest BCUT2D eigenvalue weighted by Crippen LogP contribution is -2.66. The van der Waals surface area contributed by atoms with Gasteiger partial charge in [-0.15, -0.1) is 0 Å². The first-order chi connectivity index (χ1) is 25.9.